The van der Waals surface area contributed by atoms with Gasteiger partial charge in [0.15, 0.2) is 6.29 Å². The number of methoxy groups -OCH3 is 1. The van der Waals surface area contributed by atoms with E-state index in [1.54, 1.807) is 7.11 Å². The Morgan fingerprint density at radius 1 is 0.484 bits per heavy atom. The molecule has 0 amide bonds. The maximum atomic E-state index is 9.32. The van der Waals surface area contributed by atoms with Crippen LogP contribution in [-0.2, 0) is 4.74 Å². The lowest BCUT2D eigenvalue weighted by atomic mass is 9.99. The van der Waals surface area contributed by atoms with Crippen LogP contribution in [0.2, 0.25) is 0 Å². The smallest absolute Gasteiger partial charge is 0.154 e. The van der Waals surface area contributed by atoms with Gasteiger partial charge in [-0.15, -0.1) is 0 Å². The summed E-state index contributed by atoms with van der Waals surface area (Å²) in [5.41, 5.74) is 0. The van der Waals surface area contributed by atoms with E-state index in [1.807, 2.05) is 0 Å². The number of ether oxygens (including phenoxy) is 1. The van der Waals surface area contributed by atoms with Crippen molar-refractivity contribution in [2.24, 2.45) is 5.92 Å². The highest BCUT2D eigenvalue weighted by atomic mass is 16.6. The normalized spacial score (nSPS) is 13.5. The zero-order valence-corrected chi connectivity index (χ0v) is 22.0. The number of aliphatic hydroxyl groups is 1. The van der Waals surface area contributed by atoms with Gasteiger partial charge >= 0.3 is 0 Å². The minimum Gasteiger partial charge on any atom is -0.368 e. The summed E-state index contributed by atoms with van der Waals surface area (Å²) in [4.78, 5) is 0. The molecule has 188 valence electrons. The average Bonchev–Trinajstić information content (AvgIpc) is 2.79. The van der Waals surface area contributed by atoms with Crippen LogP contribution in [-0.4, -0.2) is 18.5 Å². The number of unbranched alkanes of at least 4 members (excludes halogenated alkanes) is 20. The molecule has 0 spiro atoms. The Morgan fingerprint density at radius 3 is 1.00 bits per heavy atom. The van der Waals surface area contributed by atoms with Crippen molar-refractivity contribution < 1.29 is 9.84 Å². The van der Waals surface area contributed by atoms with Crippen LogP contribution in [0.4, 0.5) is 0 Å². The summed E-state index contributed by atoms with van der Waals surface area (Å²) in [6.45, 7) is 4.71. The largest absolute Gasteiger partial charge is 0.368 e. The van der Waals surface area contributed by atoms with Crippen molar-refractivity contribution in [2.45, 2.75) is 174 Å². The maximum Gasteiger partial charge on any atom is 0.154 e. The van der Waals surface area contributed by atoms with Gasteiger partial charge in [-0.25, -0.2) is 0 Å². The second-order valence-electron chi connectivity index (χ2n) is 10.2. The monoisotopic (exact) mass is 440 g/mol. The highest BCUT2D eigenvalue weighted by molar-refractivity contribution is 4.53. The predicted molar refractivity (Wildman–Crippen MR) is 139 cm³/mol. The highest BCUT2D eigenvalue weighted by Gasteiger charge is 2.00. The standard InChI is InChI=1S/C29H60O2/c1-4-28(2)26-24-22-20-18-16-14-12-10-8-6-5-7-9-11-13-15-17-19-21-23-25-27-29(30)31-3/h28-30H,4-27H2,1-3H3. The zero-order valence-electron chi connectivity index (χ0n) is 22.0. The molecule has 0 rings (SSSR count). The van der Waals surface area contributed by atoms with E-state index in [0.29, 0.717) is 0 Å². The molecule has 0 radical (unpaired) electrons. The molecule has 2 unspecified atom stereocenters. The third-order valence-corrected chi connectivity index (χ3v) is 7.12. The van der Waals surface area contributed by atoms with Gasteiger partial charge < -0.3 is 9.84 Å². The average molecular weight is 441 g/mol. The molecule has 0 aromatic heterocycles. The molecule has 2 heteroatoms. The minimum atomic E-state index is -0.552. The molecule has 31 heavy (non-hydrogen) atoms. The van der Waals surface area contributed by atoms with Crippen LogP contribution in [0.3, 0.4) is 0 Å². The van der Waals surface area contributed by atoms with Crippen molar-refractivity contribution in [1.82, 2.24) is 0 Å². The fourth-order valence-electron chi connectivity index (χ4n) is 4.49. The van der Waals surface area contributed by atoms with Crippen LogP contribution in [0.25, 0.3) is 0 Å². The summed E-state index contributed by atoms with van der Waals surface area (Å²) in [5.74, 6) is 0.939. The van der Waals surface area contributed by atoms with E-state index < -0.39 is 6.29 Å². The first kappa shape index (κ1) is 30.9. The predicted octanol–water partition coefficient (Wildman–Crippen LogP) is 9.97. The Morgan fingerprint density at radius 2 is 0.742 bits per heavy atom. The molecule has 0 saturated carbocycles. The number of hydrogen-bond acceptors (Lipinski definition) is 2. The van der Waals surface area contributed by atoms with Crippen molar-refractivity contribution in [3.8, 4) is 0 Å². The van der Waals surface area contributed by atoms with Crippen molar-refractivity contribution in [3.05, 3.63) is 0 Å². The number of aliphatic hydroxyl groups excluding tert-OH is 1. The van der Waals surface area contributed by atoms with E-state index in [4.69, 9.17) is 4.74 Å². The van der Waals surface area contributed by atoms with Gasteiger partial charge in [-0.2, -0.15) is 0 Å². The lowest BCUT2D eigenvalue weighted by molar-refractivity contribution is -0.0793. The quantitative estimate of drug-likeness (QED) is 0.107. The highest BCUT2D eigenvalue weighted by Crippen LogP contribution is 2.17. The van der Waals surface area contributed by atoms with Crippen molar-refractivity contribution in [1.29, 1.82) is 0 Å². The van der Waals surface area contributed by atoms with Crippen LogP contribution in [0.1, 0.15) is 168 Å². The molecule has 0 saturated heterocycles. The molecular formula is C29H60O2. The molecule has 1 N–H and O–H groups in total. The van der Waals surface area contributed by atoms with E-state index >= 15 is 0 Å². The van der Waals surface area contributed by atoms with Gasteiger partial charge in [0, 0.05) is 7.11 Å². The molecule has 0 aliphatic carbocycles. The molecule has 0 heterocycles. The first-order chi connectivity index (χ1) is 15.2. The maximum absolute atomic E-state index is 9.32. The van der Waals surface area contributed by atoms with Gasteiger partial charge in [0.05, 0.1) is 0 Å². The second-order valence-corrected chi connectivity index (χ2v) is 10.2. The molecule has 0 bridgehead atoms. The van der Waals surface area contributed by atoms with Crippen molar-refractivity contribution >= 4 is 0 Å². The van der Waals surface area contributed by atoms with Crippen molar-refractivity contribution in [2.75, 3.05) is 7.11 Å². The topological polar surface area (TPSA) is 29.5 Å². The molecule has 0 fully saturated rings. The fraction of sp³-hybridized carbons (Fsp3) is 1.00. The van der Waals surface area contributed by atoms with E-state index in [1.165, 1.54) is 141 Å². The Bertz CT molecular complexity index is 288. The molecule has 2 atom stereocenters. The van der Waals surface area contributed by atoms with Crippen LogP contribution in [0, 0.1) is 5.92 Å². The lowest BCUT2D eigenvalue weighted by Gasteiger charge is -2.07. The Balaban J connectivity index is 3.04. The summed E-state index contributed by atoms with van der Waals surface area (Å²) in [6.07, 6.45) is 32.8. The van der Waals surface area contributed by atoms with E-state index in [2.05, 4.69) is 13.8 Å². The third kappa shape index (κ3) is 26.1. The molecular weight excluding hydrogens is 380 g/mol. The molecule has 2 nitrogen and oxygen atoms in total. The van der Waals surface area contributed by atoms with Gasteiger partial charge in [-0.05, 0) is 18.8 Å². The van der Waals surface area contributed by atoms with E-state index in [9.17, 15) is 5.11 Å². The van der Waals surface area contributed by atoms with Crippen molar-refractivity contribution in [3.63, 3.8) is 0 Å². The summed E-state index contributed by atoms with van der Waals surface area (Å²) in [7, 11) is 1.57. The Labute approximate surface area is 197 Å². The van der Waals surface area contributed by atoms with Gasteiger partial charge in [0.2, 0.25) is 0 Å². The number of hydrogen-bond donors (Lipinski definition) is 1. The minimum absolute atomic E-state index is 0.552. The first-order valence-corrected chi connectivity index (χ1v) is 14.4. The van der Waals surface area contributed by atoms with Gasteiger partial charge in [0.1, 0.15) is 0 Å². The summed E-state index contributed by atoms with van der Waals surface area (Å²) in [5, 5.41) is 9.32. The van der Waals surface area contributed by atoms with Crippen LogP contribution >= 0.6 is 0 Å². The summed E-state index contributed by atoms with van der Waals surface area (Å²) in [6, 6.07) is 0. The SMILES string of the molecule is CCC(C)CCCCCCCCCCCCCCCCCCCCCCCC(O)OC. The van der Waals surface area contributed by atoms with E-state index in [-0.39, 0.29) is 0 Å². The third-order valence-electron chi connectivity index (χ3n) is 7.12. The van der Waals surface area contributed by atoms with Gasteiger partial charge in [-0.3, -0.25) is 0 Å². The first-order valence-electron chi connectivity index (χ1n) is 14.4. The van der Waals surface area contributed by atoms with Crippen LogP contribution < -0.4 is 0 Å². The molecule has 0 aromatic carbocycles. The molecule has 0 aliphatic rings. The number of rotatable bonds is 26. The lowest BCUT2D eigenvalue weighted by Crippen LogP contribution is -2.07. The van der Waals surface area contributed by atoms with Crippen LogP contribution in [0.15, 0.2) is 0 Å². The van der Waals surface area contributed by atoms with E-state index in [0.717, 1.165) is 18.8 Å². The summed E-state index contributed by atoms with van der Waals surface area (Å²) >= 11 is 0. The summed E-state index contributed by atoms with van der Waals surface area (Å²) < 4.78 is 4.86. The Hall–Kier alpha value is -0.0800. The van der Waals surface area contributed by atoms with Crippen LogP contribution in [0.5, 0.6) is 0 Å². The Kier molecular flexibility index (Phi) is 26.1. The van der Waals surface area contributed by atoms with Gasteiger partial charge in [0.25, 0.3) is 0 Å². The molecule has 0 aromatic rings. The fourth-order valence-corrected chi connectivity index (χ4v) is 4.49. The second kappa shape index (κ2) is 26.2. The van der Waals surface area contributed by atoms with Gasteiger partial charge in [-0.1, -0.05) is 155 Å². The molecule has 0 aliphatic heterocycles. The zero-order chi connectivity index (χ0) is 22.8.